The van der Waals surface area contributed by atoms with Gasteiger partial charge in [-0.15, -0.1) is 36.2 Å². The van der Waals surface area contributed by atoms with Gasteiger partial charge in [-0.05, 0) is 48.7 Å². The van der Waals surface area contributed by atoms with Crippen molar-refractivity contribution < 1.29 is 13.2 Å². The van der Waals surface area contributed by atoms with Crippen LogP contribution in [0.15, 0.2) is 35.7 Å². The molecule has 0 aliphatic rings. The maximum atomic E-state index is 12.8. The Morgan fingerprint density at radius 1 is 1.17 bits per heavy atom. The molecule has 1 aromatic carbocycles. The number of nitrogens with two attached hydrogens (primary N) is 1. The Kier molecular flexibility index (Phi) is 8.59. The summed E-state index contributed by atoms with van der Waals surface area (Å²) in [5.74, 6) is 0. The van der Waals surface area contributed by atoms with E-state index in [0.717, 1.165) is 22.6 Å². The van der Waals surface area contributed by atoms with E-state index in [4.69, 9.17) is 5.73 Å². The van der Waals surface area contributed by atoms with E-state index in [1.165, 1.54) is 6.07 Å². The number of nitrogens with one attached hydrogen (secondary N) is 1. The summed E-state index contributed by atoms with van der Waals surface area (Å²) in [7, 11) is 1.76. The minimum atomic E-state index is -4.36. The van der Waals surface area contributed by atoms with E-state index in [1.54, 1.807) is 24.5 Å². The molecule has 8 heteroatoms. The van der Waals surface area contributed by atoms with Crippen molar-refractivity contribution in [2.24, 2.45) is 5.73 Å². The Bertz CT molecular complexity index is 617. The Morgan fingerprint density at radius 3 is 2.30 bits per heavy atom. The van der Waals surface area contributed by atoms with Gasteiger partial charge in [0.05, 0.1) is 17.6 Å². The number of likely N-dealkylation sites (N-methyl/N-ethyl adjacent to an activating group) is 1. The first-order chi connectivity index (χ1) is 9.84. The zero-order chi connectivity index (χ0) is 15.6. The predicted octanol–water partition coefficient (Wildman–Crippen LogP) is 4.88. The quantitative estimate of drug-likeness (QED) is 0.785. The van der Waals surface area contributed by atoms with Crippen molar-refractivity contribution in [3.05, 3.63) is 57.3 Å². The van der Waals surface area contributed by atoms with Gasteiger partial charge >= 0.3 is 6.18 Å². The maximum Gasteiger partial charge on any atom is 0.416 e. The lowest BCUT2D eigenvalue weighted by atomic mass is 9.96. The van der Waals surface area contributed by atoms with E-state index in [9.17, 15) is 13.2 Å². The number of halogens is 5. The van der Waals surface area contributed by atoms with Gasteiger partial charge in [-0.1, -0.05) is 12.1 Å². The van der Waals surface area contributed by atoms with Gasteiger partial charge in [0.15, 0.2) is 0 Å². The molecule has 0 radical (unpaired) electrons. The van der Waals surface area contributed by atoms with Crippen LogP contribution < -0.4 is 11.1 Å². The summed E-state index contributed by atoms with van der Waals surface area (Å²) in [4.78, 5) is 1.04. The number of benzene rings is 1. The van der Waals surface area contributed by atoms with Gasteiger partial charge < -0.3 is 11.1 Å². The fourth-order valence-electron chi connectivity index (χ4n) is 2.29. The van der Waals surface area contributed by atoms with Crippen molar-refractivity contribution in [2.45, 2.75) is 25.2 Å². The fraction of sp³-hybridized carbons (Fsp3) is 0.333. The van der Waals surface area contributed by atoms with E-state index in [1.807, 2.05) is 18.4 Å². The molecule has 0 amide bonds. The van der Waals surface area contributed by atoms with E-state index in [0.29, 0.717) is 5.56 Å². The monoisotopic (exact) mass is 386 g/mol. The fourth-order valence-corrected chi connectivity index (χ4v) is 3.38. The summed E-state index contributed by atoms with van der Waals surface area (Å²) in [5.41, 5.74) is 7.08. The third kappa shape index (κ3) is 5.09. The summed E-state index contributed by atoms with van der Waals surface area (Å²) in [6.07, 6.45) is -4.36. The zero-order valence-corrected chi connectivity index (χ0v) is 15.0. The zero-order valence-electron chi connectivity index (χ0n) is 12.6. The highest BCUT2D eigenvalue weighted by Crippen LogP contribution is 2.35. The first kappa shape index (κ1) is 22.2. The van der Waals surface area contributed by atoms with Crippen LogP contribution in [0.5, 0.6) is 0 Å². The summed E-state index contributed by atoms with van der Waals surface area (Å²) in [6, 6.07) is 6.42. The molecular formula is C15H19Cl2F3N2S. The van der Waals surface area contributed by atoms with Gasteiger partial charge in [0.25, 0.3) is 0 Å². The van der Waals surface area contributed by atoms with Crippen molar-refractivity contribution in [3.63, 3.8) is 0 Å². The Labute approximate surface area is 150 Å². The van der Waals surface area contributed by atoms with Crippen LogP contribution in [-0.2, 0) is 6.18 Å². The molecule has 0 aliphatic heterocycles. The second-order valence-corrected chi connectivity index (χ2v) is 5.83. The maximum absolute atomic E-state index is 12.8. The number of rotatable bonds is 4. The van der Waals surface area contributed by atoms with Crippen LogP contribution in [0.2, 0.25) is 0 Å². The van der Waals surface area contributed by atoms with Crippen LogP contribution in [0.3, 0.4) is 0 Å². The molecule has 2 nitrogen and oxygen atoms in total. The molecule has 0 fully saturated rings. The van der Waals surface area contributed by atoms with Gasteiger partial charge in [-0.2, -0.15) is 13.2 Å². The van der Waals surface area contributed by atoms with Gasteiger partial charge in [0, 0.05) is 4.88 Å². The number of hydrogen-bond acceptors (Lipinski definition) is 3. The number of hydrogen-bond donors (Lipinski definition) is 2. The number of alkyl halides is 3. The lowest BCUT2D eigenvalue weighted by Crippen LogP contribution is -2.29. The van der Waals surface area contributed by atoms with Crippen molar-refractivity contribution in [2.75, 3.05) is 7.05 Å². The van der Waals surface area contributed by atoms with E-state index in [-0.39, 0.29) is 30.9 Å². The normalized spacial score (nSPS) is 13.7. The summed E-state index contributed by atoms with van der Waals surface area (Å²) in [6.45, 7) is 1.97. The highest BCUT2D eigenvalue weighted by Gasteiger charge is 2.31. The van der Waals surface area contributed by atoms with Crippen molar-refractivity contribution in [1.29, 1.82) is 0 Å². The van der Waals surface area contributed by atoms with E-state index in [2.05, 4.69) is 5.32 Å². The van der Waals surface area contributed by atoms with Crippen LogP contribution in [0, 0.1) is 6.92 Å². The predicted molar refractivity (Wildman–Crippen MR) is 93.7 cm³/mol. The molecule has 1 aromatic heterocycles. The van der Waals surface area contributed by atoms with E-state index >= 15 is 0 Å². The first-order valence-electron chi connectivity index (χ1n) is 6.48. The van der Waals surface area contributed by atoms with Crippen LogP contribution in [-0.4, -0.2) is 7.05 Å². The van der Waals surface area contributed by atoms with Crippen molar-refractivity contribution >= 4 is 36.2 Å². The molecule has 130 valence electrons. The topological polar surface area (TPSA) is 38.0 Å². The lowest BCUT2D eigenvalue weighted by molar-refractivity contribution is -0.137. The molecular weight excluding hydrogens is 368 g/mol. The van der Waals surface area contributed by atoms with Crippen LogP contribution in [0.25, 0.3) is 0 Å². The Hall–Kier alpha value is -0.790. The average molecular weight is 387 g/mol. The SMILES string of the molecule is CNC(c1sccc1C)C(N)c1cccc(C(F)(F)F)c1.Cl.Cl. The van der Waals surface area contributed by atoms with Crippen LogP contribution >= 0.6 is 36.2 Å². The highest BCUT2D eigenvalue weighted by atomic mass is 35.5. The van der Waals surface area contributed by atoms with Crippen molar-refractivity contribution in [1.82, 2.24) is 5.32 Å². The molecule has 0 aliphatic carbocycles. The summed E-state index contributed by atoms with van der Waals surface area (Å²) >= 11 is 1.55. The van der Waals surface area contributed by atoms with E-state index < -0.39 is 17.8 Å². The largest absolute Gasteiger partial charge is 0.416 e. The minimum Gasteiger partial charge on any atom is -0.322 e. The molecule has 0 spiro atoms. The van der Waals surface area contributed by atoms with Gasteiger partial charge in [-0.25, -0.2) is 0 Å². The molecule has 0 bridgehead atoms. The average Bonchev–Trinajstić information content (AvgIpc) is 2.85. The Morgan fingerprint density at radius 2 is 1.83 bits per heavy atom. The van der Waals surface area contributed by atoms with Crippen LogP contribution in [0.1, 0.15) is 33.7 Å². The summed E-state index contributed by atoms with van der Waals surface area (Å²) < 4.78 is 38.4. The molecule has 0 saturated heterocycles. The van der Waals surface area contributed by atoms with Gasteiger partial charge in [-0.3, -0.25) is 0 Å². The lowest BCUT2D eigenvalue weighted by Gasteiger charge is -2.24. The molecule has 23 heavy (non-hydrogen) atoms. The molecule has 3 N–H and O–H groups in total. The van der Waals surface area contributed by atoms with Crippen molar-refractivity contribution in [3.8, 4) is 0 Å². The molecule has 2 unspecified atom stereocenters. The Balaban J connectivity index is 0.00000242. The molecule has 2 aromatic rings. The molecule has 2 atom stereocenters. The van der Waals surface area contributed by atoms with Crippen LogP contribution in [0.4, 0.5) is 13.2 Å². The third-order valence-corrected chi connectivity index (χ3v) is 4.56. The molecule has 1 heterocycles. The van der Waals surface area contributed by atoms with Gasteiger partial charge in [0.1, 0.15) is 0 Å². The first-order valence-corrected chi connectivity index (χ1v) is 7.36. The number of aryl methyl sites for hydroxylation is 1. The van der Waals surface area contributed by atoms with Gasteiger partial charge in [0.2, 0.25) is 0 Å². The third-order valence-electron chi connectivity index (χ3n) is 3.45. The second kappa shape index (κ2) is 8.89. The standard InChI is InChI=1S/C15H17F3N2S.2ClH/c1-9-6-7-21-14(9)13(20-2)12(19)10-4-3-5-11(8-10)15(16,17)18;;/h3-8,12-13,20H,19H2,1-2H3;2*1H. The molecule has 0 saturated carbocycles. The summed E-state index contributed by atoms with van der Waals surface area (Å²) in [5, 5.41) is 5.06. The molecule has 2 rings (SSSR count). The second-order valence-electron chi connectivity index (χ2n) is 4.88. The number of thiophene rings is 1. The highest BCUT2D eigenvalue weighted by molar-refractivity contribution is 7.10. The minimum absolute atomic E-state index is 0. The smallest absolute Gasteiger partial charge is 0.322 e.